The van der Waals surface area contributed by atoms with Gasteiger partial charge in [-0.2, -0.15) is 0 Å². The van der Waals surface area contributed by atoms with E-state index in [4.69, 9.17) is 21.1 Å². The summed E-state index contributed by atoms with van der Waals surface area (Å²) in [5.74, 6) is 0.148. The third-order valence-electron chi connectivity index (χ3n) is 5.37. The maximum atomic E-state index is 13.0. The Balaban J connectivity index is 1.60. The Morgan fingerprint density at radius 3 is 2.50 bits per heavy atom. The molecule has 0 saturated carbocycles. The van der Waals surface area contributed by atoms with Crippen molar-refractivity contribution in [2.75, 3.05) is 46.0 Å². The molecule has 1 heterocycles. The second-order valence-corrected chi connectivity index (χ2v) is 8.11. The van der Waals surface area contributed by atoms with Gasteiger partial charge in [-0.25, -0.2) is 0 Å². The van der Waals surface area contributed by atoms with E-state index in [1.54, 1.807) is 31.2 Å². The average molecular weight is 460 g/mol. The molecule has 2 aromatic carbocycles. The van der Waals surface area contributed by atoms with Crippen LogP contribution < -0.4 is 10.1 Å². The molecular formula is C24H30ClN3O4. The maximum absolute atomic E-state index is 13.0. The number of para-hydroxylation sites is 1. The third kappa shape index (κ3) is 7.51. The predicted octanol–water partition coefficient (Wildman–Crippen LogP) is 2.58. The molecule has 3 rings (SSSR count). The first kappa shape index (κ1) is 24.0. The lowest BCUT2D eigenvalue weighted by molar-refractivity contribution is -0.142. The molecule has 0 bridgehead atoms. The van der Waals surface area contributed by atoms with Crippen LogP contribution in [0, 0.1) is 0 Å². The van der Waals surface area contributed by atoms with Gasteiger partial charge in [0.05, 0.1) is 13.2 Å². The molecule has 1 aliphatic rings. The van der Waals surface area contributed by atoms with Crippen LogP contribution in [0.25, 0.3) is 0 Å². The molecule has 1 atom stereocenters. The number of hydrogen-bond donors (Lipinski definition) is 1. The molecule has 2 aromatic rings. The first-order chi connectivity index (χ1) is 15.5. The fourth-order valence-electron chi connectivity index (χ4n) is 3.42. The van der Waals surface area contributed by atoms with E-state index in [2.05, 4.69) is 10.2 Å². The van der Waals surface area contributed by atoms with Crippen LogP contribution >= 0.6 is 11.6 Å². The second-order valence-electron chi connectivity index (χ2n) is 7.67. The zero-order valence-corrected chi connectivity index (χ0v) is 19.1. The van der Waals surface area contributed by atoms with Gasteiger partial charge in [-0.15, -0.1) is 0 Å². The van der Waals surface area contributed by atoms with E-state index in [0.29, 0.717) is 17.3 Å². The summed E-state index contributed by atoms with van der Waals surface area (Å²) in [5.41, 5.74) is 0.885. The summed E-state index contributed by atoms with van der Waals surface area (Å²) < 4.78 is 11.0. The van der Waals surface area contributed by atoms with Crippen LogP contribution in [0.5, 0.6) is 5.75 Å². The molecule has 0 aliphatic carbocycles. The second kappa shape index (κ2) is 12.4. The summed E-state index contributed by atoms with van der Waals surface area (Å²) in [7, 11) is 0. The molecule has 2 amide bonds. The molecule has 1 fully saturated rings. The van der Waals surface area contributed by atoms with Gasteiger partial charge in [0.1, 0.15) is 11.8 Å². The molecular weight excluding hydrogens is 430 g/mol. The largest absolute Gasteiger partial charge is 0.484 e. The van der Waals surface area contributed by atoms with Crippen molar-refractivity contribution in [3.63, 3.8) is 0 Å². The van der Waals surface area contributed by atoms with Gasteiger partial charge in [0, 0.05) is 37.7 Å². The highest BCUT2D eigenvalue weighted by atomic mass is 35.5. The Morgan fingerprint density at radius 2 is 1.81 bits per heavy atom. The Kier molecular flexibility index (Phi) is 9.34. The van der Waals surface area contributed by atoms with Crippen molar-refractivity contribution in [1.29, 1.82) is 0 Å². The highest BCUT2D eigenvalue weighted by Gasteiger charge is 2.26. The fraction of sp³-hybridized carbons (Fsp3) is 0.417. The maximum Gasteiger partial charge on any atom is 0.261 e. The summed E-state index contributed by atoms with van der Waals surface area (Å²) in [6, 6.07) is 15.7. The predicted molar refractivity (Wildman–Crippen MR) is 124 cm³/mol. The molecule has 1 saturated heterocycles. The van der Waals surface area contributed by atoms with Crippen molar-refractivity contribution in [2.24, 2.45) is 0 Å². The lowest BCUT2D eigenvalue weighted by atomic mass is 10.1. The van der Waals surface area contributed by atoms with E-state index in [0.717, 1.165) is 38.4 Å². The minimum atomic E-state index is -0.651. The monoisotopic (exact) mass is 459 g/mol. The zero-order valence-electron chi connectivity index (χ0n) is 18.3. The van der Waals surface area contributed by atoms with Crippen LogP contribution in [0.3, 0.4) is 0 Å². The first-order valence-corrected chi connectivity index (χ1v) is 11.2. The number of morpholine rings is 1. The van der Waals surface area contributed by atoms with Gasteiger partial charge >= 0.3 is 0 Å². The van der Waals surface area contributed by atoms with Gasteiger partial charge in [0.25, 0.3) is 5.91 Å². The van der Waals surface area contributed by atoms with Gasteiger partial charge < -0.3 is 19.7 Å². The summed E-state index contributed by atoms with van der Waals surface area (Å²) in [6.07, 6.45) is 0. The number of hydrogen-bond acceptors (Lipinski definition) is 5. The molecule has 7 nitrogen and oxygen atoms in total. The van der Waals surface area contributed by atoms with Crippen molar-refractivity contribution in [1.82, 2.24) is 15.1 Å². The van der Waals surface area contributed by atoms with Gasteiger partial charge in [-0.05, 0) is 36.8 Å². The van der Waals surface area contributed by atoms with Crippen LogP contribution in [-0.4, -0.2) is 73.7 Å². The van der Waals surface area contributed by atoms with E-state index in [1.165, 1.54) is 4.90 Å². The third-order valence-corrected chi connectivity index (χ3v) is 5.62. The average Bonchev–Trinajstić information content (AvgIpc) is 2.83. The number of amides is 2. The lowest BCUT2D eigenvalue weighted by Crippen LogP contribution is -2.50. The van der Waals surface area contributed by atoms with Gasteiger partial charge in [0.2, 0.25) is 5.91 Å². The molecule has 0 aromatic heterocycles. The number of ether oxygens (including phenoxy) is 2. The van der Waals surface area contributed by atoms with Crippen molar-refractivity contribution < 1.29 is 19.1 Å². The van der Waals surface area contributed by atoms with E-state index in [9.17, 15) is 9.59 Å². The first-order valence-electron chi connectivity index (χ1n) is 10.8. The normalized spacial score (nSPS) is 15.1. The molecule has 0 spiro atoms. The van der Waals surface area contributed by atoms with Crippen LogP contribution in [0.1, 0.15) is 12.5 Å². The van der Waals surface area contributed by atoms with Crippen LogP contribution in [-0.2, 0) is 20.9 Å². The minimum absolute atomic E-state index is 0.150. The molecule has 1 aliphatic heterocycles. The summed E-state index contributed by atoms with van der Waals surface area (Å²) in [4.78, 5) is 29.7. The van der Waals surface area contributed by atoms with Crippen LogP contribution in [0.2, 0.25) is 5.02 Å². The molecule has 172 valence electrons. The zero-order chi connectivity index (χ0) is 22.8. The van der Waals surface area contributed by atoms with E-state index >= 15 is 0 Å². The number of nitrogens with one attached hydrogen (secondary N) is 1. The number of nitrogens with zero attached hydrogens (tertiary/aromatic N) is 2. The van der Waals surface area contributed by atoms with Crippen LogP contribution in [0.4, 0.5) is 0 Å². The minimum Gasteiger partial charge on any atom is -0.484 e. The van der Waals surface area contributed by atoms with Crippen LogP contribution in [0.15, 0.2) is 54.6 Å². The van der Waals surface area contributed by atoms with Crippen molar-refractivity contribution >= 4 is 23.4 Å². The van der Waals surface area contributed by atoms with Crippen molar-refractivity contribution in [3.05, 3.63) is 65.2 Å². The van der Waals surface area contributed by atoms with Crippen molar-refractivity contribution in [3.8, 4) is 5.75 Å². The fourth-order valence-corrected chi connectivity index (χ4v) is 3.55. The number of halogens is 1. The Labute approximate surface area is 194 Å². The van der Waals surface area contributed by atoms with E-state index in [1.807, 2.05) is 30.3 Å². The molecule has 8 heteroatoms. The number of carbonyl (C=O) groups excluding carboxylic acids is 2. The molecule has 0 radical (unpaired) electrons. The number of carbonyl (C=O) groups is 2. The quantitative estimate of drug-likeness (QED) is 0.591. The summed E-state index contributed by atoms with van der Waals surface area (Å²) >= 11 is 5.99. The van der Waals surface area contributed by atoms with E-state index < -0.39 is 6.04 Å². The number of benzene rings is 2. The van der Waals surface area contributed by atoms with Gasteiger partial charge in [-0.3, -0.25) is 14.5 Å². The summed E-state index contributed by atoms with van der Waals surface area (Å²) in [6.45, 7) is 6.31. The Bertz CT molecular complexity index is 857. The Hall–Kier alpha value is -2.61. The smallest absolute Gasteiger partial charge is 0.261 e. The molecule has 32 heavy (non-hydrogen) atoms. The standard InChI is InChI=1S/C24H30ClN3O4/c1-19(24(30)26-11-12-27-13-15-31-16-14-27)28(17-20-7-9-21(25)10-8-20)23(29)18-32-22-5-3-2-4-6-22/h2-10,19H,11-18H2,1H3,(H,26,30)/t19-/m1/s1. The summed E-state index contributed by atoms with van der Waals surface area (Å²) in [5, 5.41) is 3.57. The lowest BCUT2D eigenvalue weighted by Gasteiger charge is -2.30. The highest BCUT2D eigenvalue weighted by molar-refractivity contribution is 6.30. The van der Waals surface area contributed by atoms with E-state index in [-0.39, 0.29) is 25.0 Å². The SMILES string of the molecule is C[C@H](C(=O)NCCN1CCOCC1)N(Cc1ccc(Cl)cc1)C(=O)COc1ccccc1. The van der Waals surface area contributed by atoms with Gasteiger partial charge in [-0.1, -0.05) is 41.9 Å². The van der Waals surface area contributed by atoms with Crippen molar-refractivity contribution in [2.45, 2.75) is 19.5 Å². The molecule has 1 N–H and O–H groups in total. The number of rotatable bonds is 10. The highest BCUT2D eigenvalue weighted by Crippen LogP contribution is 2.15. The Morgan fingerprint density at radius 1 is 1.12 bits per heavy atom. The molecule has 0 unspecified atom stereocenters. The topological polar surface area (TPSA) is 71.1 Å². The van der Waals surface area contributed by atoms with Gasteiger partial charge in [0.15, 0.2) is 6.61 Å².